The van der Waals surface area contributed by atoms with Gasteiger partial charge in [0.05, 0.1) is 33.4 Å². The Morgan fingerprint density at radius 2 is 1.68 bits per heavy atom. The molecule has 1 aromatic carbocycles. The lowest BCUT2D eigenvalue weighted by atomic mass is 10.1. The first-order valence-corrected chi connectivity index (χ1v) is 6.84. The number of hydrogen-bond donors (Lipinski definition) is 2. The molecule has 0 unspecified atom stereocenters. The first kappa shape index (κ1) is 20.6. The molecule has 22 heavy (non-hydrogen) atoms. The zero-order chi connectivity index (χ0) is 15.8. The molecule has 0 amide bonds. The maximum atomic E-state index is 5.84. The summed E-state index contributed by atoms with van der Waals surface area (Å²) in [6.07, 6.45) is 0. The first-order chi connectivity index (χ1) is 10.0. The lowest BCUT2D eigenvalue weighted by Gasteiger charge is -2.14. The lowest BCUT2D eigenvalue weighted by molar-refractivity contribution is 0.369. The van der Waals surface area contributed by atoms with Crippen molar-refractivity contribution in [1.29, 1.82) is 0 Å². The molecule has 0 fully saturated rings. The summed E-state index contributed by atoms with van der Waals surface area (Å²) in [4.78, 5) is 4.32. The summed E-state index contributed by atoms with van der Waals surface area (Å²) in [6.45, 7) is 5.37. The van der Waals surface area contributed by atoms with Crippen molar-refractivity contribution < 1.29 is 14.2 Å². The summed E-state index contributed by atoms with van der Waals surface area (Å²) in [5.41, 5.74) is 6.67. The summed E-state index contributed by atoms with van der Waals surface area (Å²) in [7, 11) is 4.80. The molecule has 0 aliphatic carbocycles. The van der Waals surface area contributed by atoms with Gasteiger partial charge in [0.15, 0.2) is 5.96 Å². The minimum absolute atomic E-state index is 0. The van der Waals surface area contributed by atoms with Crippen molar-refractivity contribution in [3.8, 4) is 17.2 Å². The number of halogens is 1. The molecule has 1 rings (SSSR count). The Balaban J connectivity index is 0.00000441. The second-order valence-corrected chi connectivity index (χ2v) is 4.99. The normalized spacial score (nSPS) is 10.9. The number of rotatable bonds is 7. The molecule has 0 radical (unpaired) electrons. The molecule has 0 aliphatic heterocycles. The van der Waals surface area contributed by atoms with Gasteiger partial charge in [0.1, 0.15) is 17.2 Å². The van der Waals surface area contributed by atoms with E-state index in [0.717, 1.165) is 12.1 Å². The van der Waals surface area contributed by atoms with Crippen LogP contribution in [0.15, 0.2) is 17.1 Å². The van der Waals surface area contributed by atoms with E-state index < -0.39 is 0 Å². The van der Waals surface area contributed by atoms with E-state index in [1.165, 1.54) is 0 Å². The molecule has 0 saturated heterocycles. The molecule has 0 spiro atoms. The molecule has 0 saturated carbocycles. The number of benzene rings is 1. The number of nitrogens with two attached hydrogens (primary N) is 1. The van der Waals surface area contributed by atoms with Crippen LogP contribution < -0.4 is 25.3 Å². The molecule has 0 atom stereocenters. The van der Waals surface area contributed by atoms with Crippen molar-refractivity contribution in [2.24, 2.45) is 16.6 Å². The van der Waals surface area contributed by atoms with Crippen LogP contribution in [0, 0.1) is 5.92 Å². The van der Waals surface area contributed by atoms with Crippen LogP contribution in [0.25, 0.3) is 0 Å². The molecule has 1 aromatic rings. The Morgan fingerprint density at radius 3 is 2.09 bits per heavy atom. The van der Waals surface area contributed by atoms with Crippen LogP contribution in [0.1, 0.15) is 19.4 Å². The Hall–Kier alpha value is -1.38. The molecule has 0 aliphatic rings. The molecule has 0 bridgehead atoms. The van der Waals surface area contributed by atoms with Gasteiger partial charge in [-0.15, -0.1) is 24.0 Å². The van der Waals surface area contributed by atoms with E-state index >= 15 is 0 Å². The lowest BCUT2D eigenvalue weighted by Crippen LogP contribution is -2.34. The van der Waals surface area contributed by atoms with Crippen LogP contribution in [0.2, 0.25) is 0 Å². The predicted octanol–water partition coefficient (Wildman–Crippen LogP) is 2.39. The third-order valence-corrected chi connectivity index (χ3v) is 2.92. The maximum absolute atomic E-state index is 5.84. The van der Waals surface area contributed by atoms with Gasteiger partial charge in [0.25, 0.3) is 0 Å². The van der Waals surface area contributed by atoms with Crippen molar-refractivity contribution in [3.63, 3.8) is 0 Å². The van der Waals surface area contributed by atoms with Gasteiger partial charge in [-0.2, -0.15) is 0 Å². The molecule has 7 heteroatoms. The molecule has 0 aromatic heterocycles. The second-order valence-electron chi connectivity index (χ2n) is 4.99. The fourth-order valence-electron chi connectivity index (χ4n) is 1.76. The summed E-state index contributed by atoms with van der Waals surface area (Å²) in [5, 5.41) is 3.07. The third kappa shape index (κ3) is 6.17. The van der Waals surface area contributed by atoms with Gasteiger partial charge in [-0.25, -0.2) is 4.99 Å². The van der Waals surface area contributed by atoms with E-state index in [4.69, 9.17) is 19.9 Å². The quantitative estimate of drug-likeness (QED) is 0.400. The SMILES string of the molecule is COc1cc(OC)c(CN=C(N)NCC(C)C)c(OC)c1.I. The summed E-state index contributed by atoms with van der Waals surface area (Å²) >= 11 is 0. The van der Waals surface area contributed by atoms with Crippen LogP contribution in [-0.2, 0) is 6.54 Å². The average molecular weight is 423 g/mol. The van der Waals surface area contributed by atoms with Crippen LogP contribution in [-0.4, -0.2) is 33.8 Å². The van der Waals surface area contributed by atoms with E-state index in [2.05, 4.69) is 24.2 Å². The number of nitrogens with one attached hydrogen (secondary N) is 1. The number of aliphatic imine (C=N–C) groups is 1. The summed E-state index contributed by atoms with van der Waals surface area (Å²) in [5.74, 6) is 2.90. The zero-order valence-electron chi connectivity index (χ0n) is 13.8. The smallest absolute Gasteiger partial charge is 0.188 e. The van der Waals surface area contributed by atoms with E-state index in [0.29, 0.717) is 35.7 Å². The van der Waals surface area contributed by atoms with Gasteiger partial charge in [-0.3, -0.25) is 0 Å². The van der Waals surface area contributed by atoms with Gasteiger partial charge < -0.3 is 25.3 Å². The van der Waals surface area contributed by atoms with Gasteiger partial charge in [0.2, 0.25) is 0 Å². The molecular weight excluding hydrogens is 397 g/mol. The monoisotopic (exact) mass is 423 g/mol. The molecule has 6 nitrogen and oxygen atoms in total. The second kappa shape index (κ2) is 10.4. The van der Waals surface area contributed by atoms with Crippen molar-refractivity contribution in [2.45, 2.75) is 20.4 Å². The number of hydrogen-bond acceptors (Lipinski definition) is 4. The van der Waals surface area contributed by atoms with E-state index in [9.17, 15) is 0 Å². The number of ether oxygens (including phenoxy) is 3. The first-order valence-electron chi connectivity index (χ1n) is 6.84. The molecule has 126 valence electrons. The Kier molecular flexibility index (Phi) is 9.71. The van der Waals surface area contributed by atoms with E-state index in [1.54, 1.807) is 33.5 Å². The zero-order valence-corrected chi connectivity index (χ0v) is 16.1. The maximum Gasteiger partial charge on any atom is 0.188 e. The Labute approximate surface area is 149 Å². The fourth-order valence-corrected chi connectivity index (χ4v) is 1.76. The number of methoxy groups -OCH3 is 3. The average Bonchev–Trinajstić information content (AvgIpc) is 2.49. The van der Waals surface area contributed by atoms with Crippen molar-refractivity contribution in [3.05, 3.63) is 17.7 Å². The minimum Gasteiger partial charge on any atom is -0.496 e. The molecular formula is C15H26IN3O3. The van der Waals surface area contributed by atoms with E-state index in [-0.39, 0.29) is 24.0 Å². The summed E-state index contributed by atoms with van der Waals surface area (Å²) in [6, 6.07) is 3.59. The minimum atomic E-state index is 0. The number of nitrogens with zero attached hydrogens (tertiary/aromatic N) is 1. The van der Waals surface area contributed by atoms with Crippen molar-refractivity contribution >= 4 is 29.9 Å². The highest BCUT2D eigenvalue weighted by atomic mass is 127. The molecule has 3 N–H and O–H groups in total. The fraction of sp³-hybridized carbons (Fsp3) is 0.533. The van der Waals surface area contributed by atoms with E-state index in [1.807, 2.05) is 0 Å². The third-order valence-electron chi connectivity index (χ3n) is 2.92. The number of guanidine groups is 1. The van der Waals surface area contributed by atoms with Crippen molar-refractivity contribution in [2.75, 3.05) is 27.9 Å². The largest absolute Gasteiger partial charge is 0.496 e. The highest BCUT2D eigenvalue weighted by Gasteiger charge is 2.12. The van der Waals surface area contributed by atoms with Gasteiger partial charge in [-0.1, -0.05) is 13.8 Å². The highest BCUT2D eigenvalue weighted by Crippen LogP contribution is 2.34. The highest BCUT2D eigenvalue weighted by molar-refractivity contribution is 14.0. The Morgan fingerprint density at radius 1 is 1.14 bits per heavy atom. The molecule has 0 heterocycles. The standard InChI is InChI=1S/C15H25N3O3.HI/c1-10(2)8-17-15(16)18-9-12-13(20-4)6-11(19-3)7-14(12)21-5;/h6-7,10H,8-9H2,1-5H3,(H3,16,17,18);1H. The topological polar surface area (TPSA) is 78.1 Å². The van der Waals surface area contributed by atoms with Crippen LogP contribution in [0.3, 0.4) is 0 Å². The van der Waals surface area contributed by atoms with Crippen molar-refractivity contribution in [1.82, 2.24) is 5.32 Å². The van der Waals surface area contributed by atoms with Crippen LogP contribution in [0.5, 0.6) is 17.2 Å². The van der Waals surface area contributed by atoms with Gasteiger partial charge in [0, 0.05) is 18.7 Å². The van der Waals surface area contributed by atoms with Crippen LogP contribution >= 0.6 is 24.0 Å². The van der Waals surface area contributed by atoms with Crippen LogP contribution in [0.4, 0.5) is 0 Å². The van der Waals surface area contributed by atoms with Gasteiger partial charge >= 0.3 is 0 Å². The van der Waals surface area contributed by atoms with Gasteiger partial charge in [-0.05, 0) is 5.92 Å². The summed E-state index contributed by atoms with van der Waals surface area (Å²) < 4.78 is 16.0. The predicted molar refractivity (Wildman–Crippen MR) is 99.7 cm³/mol. The Bertz CT molecular complexity index is 468.